The highest BCUT2D eigenvalue weighted by molar-refractivity contribution is 7.79. The molecule has 1 saturated carbocycles. The second-order valence-corrected chi connectivity index (χ2v) is 11.3. The van der Waals surface area contributed by atoms with Gasteiger partial charge in [-0.2, -0.15) is 0 Å². The van der Waals surface area contributed by atoms with E-state index in [0.717, 1.165) is 80.2 Å². The lowest BCUT2D eigenvalue weighted by atomic mass is 9.79. The van der Waals surface area contributed by atoms with Crippen LogP contribution in [0.1, 0.15) is 64.0 Å². The lowest BCUT2D eigenvalue weighted by molar-refractivity contribution is -0.0216. The van der Waals surface area contributed by atoms with Crippen molar-refractivity contribution < 1.29 is 13.5 Å². The van der Waals surface area contributed by atoms with E-state index in [1.807, 2.05) is 6.07 Å². The van der Waals surface area contributed by atoms with Crippen LogP contribution in [0.3, 0.4) is 0 Å². The molecule has 3 atom stereocenters. The molecule has 5 rings (SSSR count). The molecule has 184 valence electrons. The van der Waals surface area contributed by atoms with Crippen LogP contribution in [0.4, 0.5) is 0 Å². The average molecular weight is 486 g/mol. The van der Waals surface area contributed by atoms with Crippen molar-refractivity contribution in [2.45, 2.75) is 69.8 Å². The van der Waals surface area contributed by atoms with Crippen molar-refractivity contribution in [3.63, 3.8) is 0 Å². The van der Waals surface area contributed by atoms with Gasteiger partial charge in [0.1, 0.15) is 5.37 Å². The van der Waals surface area contributed by atoms with Crippen molar-refractivity contribution >= 4 is 33.0 Å². The van der Waals surface area contributed by atoms with Crippen molar-refractivity contribution in [1.29, 1.82) is 0 Å². The van der Waals surface area contributed by atoms with E-state index in [-0.39, 0.29) is 17.4 Å². The third-order valence-electron chi connectivity index (χ3n) is 7.43. The van der Waals surface area contributed by atoms with Crippen molar-refractivity contribution in [2.75, 3.05) is 19.7 Å². The van der Waals surface area contributed by atoms with E-state index in [2.05, 4.69) is 38.7 Å². The molecule has 3 aromatic rings. The molecule has 0 aromatic carbocycles. The van der Waals surface area contributed by atoms with Gasteiger partial charge in [0.25, 0.3) is 0 Å². The minimum Gasteiger partial charge on any atom is -0.377 e. The smallest absolute Gasteiger partial charge is 0.171 e. The second-order valence-electron chi connectivity index (χ2n) is 10.3. The lowest BCUT2D eigenvalue weighted by Crippen LogP contribution is -2.51. The van der Waals surface area contributed by atoms with Crippen LogP contribution in [0.25, 0.3) is 21.9 Å². The molecule has 0 amide bonds. The van der Waals surface area contributed by atoms with E-state index >= 15 is 0 Å². The van der Waals surface area contributed by atoms with Crippen LogP contribution >= 0.6 is 0 Å². The molecule has 0 bridgehead atoms. The number of pyridine rings is 1. The number of aromatic amines is 1. The lowest BCUT2D eigenvalue weighted by Gasteiger charge is -2.42. The molecule has 1 aliphatic heterocycles. The third kappa shape index (κ3) is 4.89. The Morgan fingerprint density at radius 1 is 1.21 bits per heavy atom. The maximum atomic E-state index is 12.5. The highest BCUT2D eigenvalue weighted by atomic mass is 32.2. The number of H-pyrrole nitrogens is 1. The monoisotopic (exact) mass is 485 g/mol. The van der Waals surface area contributed by atoms with Gasteiger partial charge in [0.2, 0.25) is 0 Å². The maximum Gasteiger partial charge on any atom is 0.171 e. The third-order valence-corrected chi connectivity index (χ3v) is 8.53. The number of nitrogens with one attached hydrogen (secondary N) is 1. The zero-order valence-electron chi connectivity index (χ0n) is 20.0. The summed E-state index contributed by atoms with van der Waals surface area (Å²) in [6.45, 7) is 6.68. The van der Waals surface area contributed by atoms with Gasteiger partial charge < -0.3 is 14.3 Å². The Bertz CT molecular complexity index is 1140. The van der Waals surface area contributed by atoms with Gasteiger partial charge in [0.05, 0.1) is 24.1 Å². The van der Waals surface area contributed by atoms with Gasteiger partial charge in [0.15, 0.2) is 16.7 Å². The molecule has 3 unspecified atom stereocenters. The molecule has 2 aliphatic rings. The first-order chi connectivity index (χ1) is 16.5. The molecule has 0 spiro atoms. The molecule has 3 aromatic heterocycles. The molecule has 2 N–H and O–H groups in total. The SMILES string of the molecule is CC(C)COC1CCCN(C(C2CCC(c3[nH]cnc4cnc5nccc5c34)CC2)S(=O)O)C1. The first-order valence-electron chi connectivity index (χ1n) is 12.5. The summed E-state index contributed by atoms with van der Waals surface area (Å²) in [5, 5.41) is 1.82. The molecule has 4 heterocycles. The molecule has 1 saturated heterocycles. The number of rotatable bonds is 7. The van der Waals surface area contributed by atoms with Gasteiger partial charge in [0, 0.05) is 35.8 Å². The summed E-state index contributed by atoms with van der Waals surface area (Å²) in [7, 11) is 0. The topological polar surface area (TPSA) is 104 Å². The second kappa shape index (κ2) is 10.4. The zero-order chi connectivity index (χ0) is 23.7. The minimum absolute atomic E-state index is 0.158. The summed E-state index contributed by atoms with van der Waals surface area (Å²) in [6.07, 6.45) is 11.4. The van der Waals surface area contributed by atoms with Crippen molar-refractivity contribution in [1.82, 2.24) is 24.8 Å². The minimum atomic E-state index is -1.88. The maximum absolute atomic E-state index is 12.5. The van der Waals surface area contributed by atoms with Crippen LogP contribution in [0.2, 0.25) is 0 Å². The standard InChI is InChI=1S/C25H35N5O3S/c1-16(2)14-33-19-4-3-11-30(13-19)25(34(31)32)18-7-5-17(6-8-18)23-22-20-9-10-26-24(20)27-12-21(22)28-15-29-23/h9-10,12,15-19,25H,3-8,11,13-14H2,1-2H3,(H,28,29)(H,31,32). The van der Waals surface area contributed by atoms with Crippen LogP contribution in [-0.4, -0.2) is 64.8 Å². The first kappa shape index (κ1) is 23.8. The quantitative estimate of drug-likeness (QED) is 0.476. The largest absolute Gasteiger partial charge is 0.377 e. The van der Waals surface area contributed by atoms with E-state index in [4.69, 9.17) is 4.74 Å². The van der Waals surface area contributed by atoms with Crippen LogP contribution in [0.15, 0.2) is 24.8 Å². The Morgan fingerprint density at radius 3 is 2.79 bits per heavy atom. The molecule has 1 aliphatic carbocycles. The molecule has 34 heavy (non-hydrogen) atoms. The molecule has 2 fully saturated rings. The number of hydrogen-bond donors (Lipinski definition) is 2. The Hall–Kier alpha value is -1.94. The van der Waals surface area contributed by atoms with Crippen LogP contribution < -0.4 is 0 Å². The van der Waals surface area contributed by atoms with E-state index in [1.54, 1.807) is 18.7 Å². The van der Waals surface area contributed by atoms with Gasteiger partial charge in [-0.25, -0.2) is 19.2 Å². The summed E-state index contributed by atoms with van der Waals surface area (Å²) in [6, 6.07) is 2.01. The van der Waals surface area contributed by atoms with E-state index in [9.17, 15) is 8.76 Å². The normalized spacial score (nSPS) is 26.3. The molecular formula is C25H35N5O3S. The zero-order valence-corrected chi connectivity index (χ0v) is 20.8. The molecule has 0 radical (unpaired) electrons. The summed E-state index contributed by atoms with van der Waals surface area (Å²) >= 11 is -1.88. The van der Waals surface area contributed by atoms with Gasteiger partial charge in [-0.15, -0.1) is 0 Å². The van der Waals surface area contributed by atoms with Crippen LogP contribution in [-0.2, 0) is 15.8 Å². The fraction of sp³-hybridized carbons (Fsp3) is 0.640. The number of fused-ring (bicyclic) bond motifs is 3. The number of aromatic nitrogens is 4. The van der Waals surface area contributed by atoms with Crippen LogP contribution in [0.5, 0.6) is 0 Å². The number of ether oxygens (including phenoxy) is 1. The average Bonchev–Trinajstić information content (AvgIpc) is 3.32. The van der Waals surface area contributed by atoms with E-state index in [1.165, 1.54) is 5.69 Å². The molecular weight excluding hydrogens is 450 g/mol. The predicted molar refractivity (Wildman–Crippen MR) is 134 cm³/mol. The first-order valence-corrected chi connectivity index (χ1v) is 13.7. The van der Waals surface area contributed by atoms with Crippen LogP contribution in [0, 0.1) is 11.8 Å². The fourth-order valence-electron chi connectivity index (χ4n) is 5.84. The van der Waals surface area contributed by atoms with Crippen molar-refractivity contribution in [2.24, 2.45) is 11.8 Å². The Balaban J connectivity index is 1.30. The number of piperidine rings is 1. The highest BCUT2D eigenvalue weighted by Crippen LogP contribution is 2.41. The highest BCUT2D eigenvalue weighted by Gasteiger charge is 2.38. The van der Waals surface area contributed by atoms with E-state index < -0.39 is 11.1 Å². The van der Waals surface area contributed by atoms with Crippen molar-refractivity contribution in [3.8, 4) is 0 Å². The van der Waals surface area contributed by atoms with Gasteiger partial charge in [-0.05, 0) is 68.9 Å². The summed E-state index contributed by atoms with van der Waals surface area (Å²) in [5.41, 5.74) is 2.82. The fourth-order valence-corrected chi connectivity index (χ4v) is 6.89. The summed E-state index contributed by atoms with van der Waals surface area (Å²) in [4.78, 5) is 18.9. The van der Waals surface area contributed by atoms with Gasteiger partial charge in [-0.3, -0.25) is 4.90 Å². The Morgan fingerprint density at radius 2 is 2.03 bits per heavy atom. The Labute approximate surface area is 203 Å². The number of likely N-dealkylation sites (tertiary alicyclic amines) is 1. The number of nitrogens with zero attached hydrogens (tertiary/aromatic N) is 4. The molecule has 9 heteroatoms. The molecule has 8 nitrogen and oxygen atoms in total. The van der Waals surface area contributed by atoms with Crippen molar-refractivity contribution in [3.05, 3.63) is 30.5 Å². The summed E-state index contributed by atoms with van der Waals surface area (Å²) < 4.78 is 28.9. The Kier molecular flexibility index (Phi) is 7.24. The summed E-state index contributed by atoms with van der Waals surface area (Å²) in [5.74, 6) is 1.07. The van der Waals surface area contributed by atoms with Gasteiger partial charge >= 0.3 is 0 Å². The number of hydrogen-bond acceptors (Lipinski definition) is 6. The van der Waals surface area contributed by atoms with Gasteiger partial charge in [-0.1, -0.05) is 13.8 Å². The predicted octanol–water partition coefficient (Wildman–Crippen LogP) is 4.46. The van der Waals surface area contributed by atoms with E-state index in [0.29, 0.717) is 11.8 Å².